The maximum Gasteiger partial charge on any atom is 0.162 e. The molecule has 68 valence electrons. The molecule has 1 rings (SSSR count). The van der Waals surface area contributed by atoms with Crippen LogP contribution in [0.4, 0.5) is 0 Å². The summed E-state index contributed by atoms with van der Waals surface area (Å²) in [6.07, 6.45) is 3.20. The van der Waals surface area contributed by atoms with E-state index in [-0.39, 0.29) is 5.84 Å². The average Bonchev–Trinajstić information content (AvgIpc) is 2.14. The zero-order valence-electron chi connectivity index (χ0n) is 6.81. The number of nitrogens with two attached hydrogens (primary N) is 1. The maximum atomic E-state index is 8.25. The van der Waals surface area contributed by atoms with E-state index in [2.05, 4.69) is 5.16 Å². The van der Waals surface area contributed by atoms with Gasteiger partial charge in [0.1, 0.15) is 0 Å². The monoisotopic (exact) mass is 196 g/mol. The summed E-state index contributed by atoms with van der Waals surface area (Å²) in [6.45, 7) is 0. The molecular weight excluding hydrogens is 188 g/mol. The van der Waals surface area contributed by atoms with Crippen LogP contribution in [0.25, 0.3) is 6.08 Å². The molecule has 0 amide bonds. The molecule has 0 atom stereocenters. The third kappa shape index (κ3) is 3.17. The maximum absolute atomic E-state index is 8.25. The fourth-order valence-electron chi connectivity index (χ4n) is 0.825. The highest BCUT2D eigenvalue weighted by atomic mass is 35.5. The van der Waals surface area contributed by atoms with Crippen molar-refractivity contribution in [3.63, 3.8) is 0 Å². The lowest BCUT2D eigenvalue weighted by molar-refractivity contribution is 0.319. The molecule has 0 fully saturated rings. The van der Waals surface area contributed by atoms with E-state index < -0.39 is 0 Å². The summed E-state index contributed by atoms with van der Waals surface area (Å²) in [4.78, 5) is 0. The lowest BCUT2D eigenvalue weighted by Gasteiger charge is -1.93. The van der Waals surface area contributed by atoms with Crippen LogP contribution >= 0.6 is 11.6 Å². The summed E-state index contributed by atoms with van der Waals surface area (Å²) < 4.78 is 0. The van der Waals surface area contributed by atoms with E-state index in [1.165, 1.54) is 6.08 Å². The highest BCUT2D eigenvalue weighted by molar-refractivity contribution is 6.30. The number of oxime groups is 1. The highest BCUT2D eigenvalue weighted by Gasteiger charge is 1.89. The van der Waals surface area contributed by atoms with E-state index in [0.717, 1.165) is 5.56 Å². The SMILES string of the molecule is NC(C=Cc1cccc(Cl)c1)=NO. The predicted octanol–water partition coefficient (Wildman–Crippen LogP) is 2.10. The second-order valence-corrected chi connectivity index (χ2v) is 2.85. The zero-order chi connectivity index (χ0) is 9.68. The minimum Gasteiger partial charge on any atom is -0.409 e. The van der Waals surface area contributed by atoms with Crippen molar-refractivity contribution in [2.75, 3.05) is 0 Å². The summed E-state index contributed by atoms with van der Waals surface area (Å²) in [5, 5.41) is 11.7. The van der Waals surface area contributed by atoms with Crippen LogP contribution in [0.15, 0.2) is 35.5 Å². The van der Waals surface area contributed by atoms with Gasteiger partial charge in [0.15, 0.2) is 5.84 Å². The van der Waals surface area contributed by atoms with Gasteiger partial charge < -0.3 is 10.9 Å². The molecule has 0 radical (unpaired) electrons. The topological polar surface area (TPSA) is 58.6 Å². The molecule has 0 aliphatic heterocycles. The third-order valence-electron chi connectivity index (χ3n) is 1.41. The summed E-state index contributed by atoms with van der Waals surface area (Å²) in [5.41, 5.74) is 6.14. The Morgan fingerprint density at radius 3 is 2.92 bits per heavy atom. The normalized spacial score (nSPS) is 12.2. The van der Waals surface area contributed by atoms with Crippen molar-refractivity contribution in [3.8, 4) is 0 Å². The zero-order valence-corrected chi connectivity index (χ0v) is 7.57. The number of rotatable bonds is 2. The third-order valence-corrected chi connectivity index (χ3v) is 1.65. The molecule has 1 aromatic rings. The second-order valence-electron chi connectivity index (χ2n) is 2.41. The molecule has 4 heteroatoms. The molecule has 0 heterocycles. The van der Waals surface area contributed by atoms with Crippen LogP contribution < -0.4 is 5.73 Å². The van der Waals surface area contributed by atoms with Gasteiger partial charge in [0.05, 0.1) is 0 Å². The first kappa shape index (κ1) is 9.61. The van der Waals surface area contributed by atoms with Gasteiger partial charge in [-0.05, 0) is 23.8 Å². The second kappa shape index (κ2) is 4.52. The molecule has 1 aromatic carbocycles. The fourth-order valence-corrected chi connectivity index (χ4v) is 1.02. The van der Waals surface area contributed by atoms with Crippen molar-refractivity contribution in [2.24, 2.45) is 10.9 Å². The van der Waals surface area contributed by atoms with Crippen LogP contribution in [0.1, 0.15) is 5.56 Å². The van der Waals surface area contributed by atoms with Gasteiger partial charge in [-0.25, -0.2) is 0 Å². The van der Waals surface area contributed by atoms with Gasteiger partial charge in [-0.3, -0.25) is 0 Å². The first-order valence-corrected chi connectivity index (χ1v) is 4.01. The molecule has 0 aromatic heterocycles. The number of hydrogen-bond acceptors (Lipinski definition) is 2. The first-order valence-electron chi connectivity index (χ1n) is 3.63. The van der Waals surface area contributed by atoms with E-state index in [4.69, 9.17) is 22.5 Å². The van der Waals surface area contributed by atoms with Crippen molar-refractivity contribution in [1.29, 1.82) is 0 Å². The molecule has 0 bridgehead atoms. The van der Waals surface area contributed by atoms with Gasteiger partial charge in [-0.2, -0.15) is 0 Å². The molecule has 3 N–H and O–H groups in total. The van der Waals surface area contributed by atoms with Gasteiger partial charge in [0, 0.05) is 5.02 Å². The standard InChI is InChI=1S/C9H9ClN2O/c10-8-3-1-2-7(6-8)4-5-9(11)12-13/h1-6,13H,(H2,11,12). The number of halogens is 1. The van der Waals surface area contributed by atoms with Crippen molar-refractivity contribution >= 4 is 23.5 Å². The van der Waals surface area contributed by atoms with Crippen LogP contribution in [0.3, 0.4) is 0 Å². The molecule has 0 spiro atoms. The van der Waals surface area contributed by atoms with Crippen LogP contribution in [0.2, 0.25) is 5.02 Å². The number of amidine groups is 1. The summed E-state index contributed by atoms with van der Waals surface area (Å²) in [5.74, 6) is 0.0555. The minimum atomic E-state index is 0.0555. The van der Waals surface area contributed by atoms with Gasteiger partial charge in [-0.1, -0.05) is 35.0 Å². The quantitative estimate of drug-likeness (QED) is 0.329. The molecule has 13 heavy (non-hydrogen) atoms. The van der Waals surface area contributed by atoms with Crippen molar-refractivity contribution < 1.29 is 5.21 Å². The minimum absolute atomic E-state index is 0.0555. The Bertz CT molecular complexity index is 347. The molecule has 0 saturated heterocycles. The molecule has 0 saturated carbocycles. The Morgan fingerprint density at radius 2 is 2.31 bits per heavy atom. The van der Waals surface area contributed by atoms with E-state index >= 15 is 0 Å². The lowest BCUT2D eigenvalue weighted by atomic mass is 10.2. The van der Waals surface area contributed by atoms with Gasteiger partial charge in [0.2, 0.25) is 0 Å². The molecule has 3 nitrogen and oxygen atoms in total. The van der Waals surface area contributed by atoms with Crippen molar-refractivity contribution in [3.05, 3.63) is 40.9 Å². The Balaban J connectivity index is 2.80. The number of hydrogen-bond donors (Lipinski definition) is 2. The Morgan fingerprint density at radius 1 is 1.54 bits per heavy atom. The smallest absolute Gasteiger partial charge is 0.162 e. The van der Waals surface area contributed by atoms with Crippen LogP contribution in [-0.2, 0) is 0 Å². The first-order chi connectivity index (χ1) is 6.22. The van der Waals surface area contributed by atoms with Gasteiger partial charge >= 0.3 is 0 Å². The predicted molar refractivity (Wildman–Crippen MR) is 53.9 cm³/mol. The van der Waals surface area contributed by atoms with Crippen LogP contribution in [-0.4, -0.2) is 11.0 Å². The van der Waals surface area contributed by atoms with E-state index in [0.29, 0.717) is 5.02 Å². The highest BCUT2D eigenvalue weighted by Crippen LogP contribution is 2.11. The van der Waals surface area contributed by atoms with E-state index in [9.17, 15) is 0 Å². The van der Waals surface area contributed by atoms with Crippen LogP contribution in [0.5, 0.6) is 0 Å². The Kier molecular flexibility index (Phi) is 3.34. The van der Waals surface area contributed by atoms with E-state index in [1.54, 1.807) is 18.2 Å². The lowest BCUT2D eigenvalue weighted by Crippen LogP contribution is -2.06. The largest absolute Gasteiger partial charge is 0.409 e. The molecule has 0 unspecified atom stereocenters. The van der Waals surface area contributed by atoms with Gasteiger partial charge in [0.25, 0.3) is 0 Å². The van der Waals surface area contributed by atoms with Crippen LogP contribution in [0, 0.1) is 0 Å². The average molecular weight is 197 g/mol. The van der Waals surface area contributed by atoms with E-state index in [1.807, 2.05) is 12.1 Å². The summed E-state index contributed by atoms with van der Waals surface area (Å²) >= 11 is 5.75. The van der Waals surface area contributed by atoms with Gasteiger partial charge in [-0.15, -0.1) is 0 Å². The summed E-state index contributed by atoms with van der Waals surface area (Å²) in [6, 6.07) is 7.26. The Hall–Kier alpha value is -1.48. The molecule has 0 aliphatic carbocycles. The van der Waals surface area contributed by atoms with Crippen molar-refractivity contribution in [1.82, 2.24) is 0 Å². The molecule has 0 aliphatic rings. The van der Waals surface area contributed by atoms with Crippen molar-refractivity contribution in [2.45, 2.75) is 0 Å². The summed E-state index contributed by atoms with van der Waals surface area (Å²) in [7, 11) is 0. The Labute approximate surface area is 81.1 Å². The fraction of sp³-hybridized carbons (Fsp3) is 0. The number of nitrogens with zero attached hydrogens (tertiary/aromatic N) is 1. The molecular formula is C9H9ClN2O. The number of benzene rings is 1.